The topological polar surface area (TPSA) is 60.9 Å². The van der Waals surface area contributed by atoms with Crippen molar-refractivity contribution in [3.8, 4) is 0 Å². The summed E-state index contributed by atoms with van der Waals surface area (Å²) in [6, 6.07) is 9.69. The molecule has 0 aromatic heterocycles. The van der Waals surface area contributed by atoms with E-state index in [0.717, 1.165) is 18.7 Å². The van der Waals surface area contributed by atoms with Crippen molar-refractivity contribution >= 4 is 23.3 Å². The van der Waals surface area contributed by atoms with E-state index >= 15 is 0 Å². The second-order valence-electron chi connectivity index (χ2n) is 7.82. The van der Waals surface area contributed by atoms with Crippen LogP contribution < -0.4 is 4.90 Å². The van der Waals surface area contributed by atoms with E-state index in [1.54, 1.807) is 0 Å². The first kappa shape index (κ1) is 18.2. The van der Waals surface area contributed by atoms with Crippen LogP contribution in [-0.2, 0) is 14.4 Å². The van der Waals surface area contributed by atoms with Crippen molar-refractivity contribution in [2.75, 3.05) is 37.6 Å². The van der Waals surface area contributed by atoms with Crippen molar-refractivity contribution in [1.82, 2.24) is 9.80 Å². The molecule has 2 saturated heterocycles. The summed E-state index contributed by atoms with van der Waals surface area (Å²) < 4.78 is 0. The van der Waals surface area contributed by atoms with Crippen LogP contribution in [0.3, 0.4) is 0 Å². The molecule has 0 bridgehead atoms. The molecule has 1 saturated carbocycles. The van der Waals surface area contributed by atoms with Gasteiger partial charge in [0.1, 0.15) is 11.2 Å². The number of carbonyl (C=O) groups is 3. The van der Waals surface area contributed by atoms with Crippen molar-refractivity contribution in [3.63, 3.8) is 0 Å². The maximum atomic E-state index is 12.9. The molecule has 0 N–H and O–H groups in total. The van der Waals surface area contributed by atoms with Gasteiger partial charge in [0.25, 0.3) is 0 Å². The number of hydrogen-bond donors (Lipinski definition) is 0. The number of hydrogen-bond acceptors (Lipinski definition) is 4. The normalized spacial score (nSPS) is 24.9. The van der Waals surface area contributed by atoms with Crippen LogP contribution in [0, 0.1) is 5.41 Å². The van der Waals surface area contributed by atoms with Crippen molar-refractivity contribution in [1.29, 1.82) is 0 Å². The maximum Gasteiger partial charge on any atom is 0.244 e. The van der Waals surface area contributed by atoms with Gasteiger partial charge in [-0.1, -0.05) is 25.1 Å². The predicted molar refractivity (Wildman–Crippen MR) is 102 cm³/mol. The van der Waals surface area contributed by atoms with Gasteiger partial charge in [-0.15, -0.1) is 0 Å². The highest BCUT2D eigenvalue weighted by Crippen LogP contribution is 2.49. The Morgan fingerprint density at radius 1 is 1.04 bits per heavy atom. The molecule has 144 valence electrons. The molecule has 6 heteroatoms. The molecule has 27 heavy (non-hydrogen) atoms. The molecule has 0 radical (unpaired) electrons. The molecular weight excluding hydrogens is 342 g/mol. The number of carbonyl (C=O) groups excluding carboxylic acids is 3. The fraction of sp³-hybridized carbons (Fsp3) is 0.571. The van der Waals surface area contributed by atoms with E-state index < -0.39 is 5.41 Å². The summed E-state index contributed by atoms with van der Waals surface area (Å²) in [6.45, 7) is 5.17. The van der Waals surface area contributed by atoms with Crippen molar-refractivity contribution < 1.29 is 14.4 Å². The summed E-state index contributed by atoms with van der Waals surface area (Å²) in [6.07, 6.45) is 2.65. The Morgan fingerprint density at radius 3 is 2.30 bits per heavy atom. The van der Waals surface area contributed by atoms with Gasteiger partial charge in [-0.05, 0) is 31.4 Å². The molecule has 2 amide bonds. The SMILES string of the molecule is CCC(=O)C1(C(=O)N2CCN(C3CCN(c4ccccc4)C3=O)CC2)CC1. The first-order chi connectivity index (χ1) is 13.1. The Morgan fingerprint density at radius 2 is 1.70 bits per heavy atom. The van der Waals surface area contributed by atoms with Crippen LogP contribution in [0.2, 0.25) is 0 Å². The van der Waals surface area contributed by atoms with Gasteiger partial charge in [-0.2, -0.15) is 0 Å². The van der Waals surface area contributed by atoms with Crippen LogP contribution in [0.1, 0.15) is 32.6 Å². The number of para-hydroxylation sites is 1. The molecular formula is C21H27N3O3. The molecule has 1 aromatic rings. The molecule has 3 fully saturated rings. The quantitative estimate of drug-likeness (QED) is 0.741. The van der Waals surface area contributed by atoms with Crippen molar-refractivity contribution in [3.05, 3.63) is 30.3 Å². The van der Waals surface area contributed by atoms with E-state index in [0.29, 0.717) is 45.4 Å². The van der Waals surface area contributed by atoms with E-state index in [9.17, 15) is 14.4 Å². The molecule has 1 aliphatic carbocycles. The van der Waals surface area contributed by atoms with Crippen LogP contribution >= 0.6 is 0 Å². The fourth-order valence-corrected chi connectivity index (χ4v) is 4.48. The van der Waals surface area contributed by atoms with Gasteiger partial charge in [0.15, 0.2) is 0 Å². The van der Waals surface area contributed by atoms with E-state index in [1.165, 1.54) is 0 Å². The second kappa shape index (κ2) is 7.08. The number of benzene rings is 1. The average Bonchev–Trinajstić information content (AvgIpc) is 3.44. The zero-order valence-corrected chi connectivity index (χ0v) is 15.9. The molecule has 2 heterocycles. The highest BCUT2D eigenvalue weighted by molar-refractivity contribution is 6.08. The maximum absolute atomic E-state index is 12.9. The molecule has 1 unspecified atom stereocenters. The average molecular weight is 369 g/mol. The van der Waals surface area contributed by atoms with Gasteiger partial charge < -0.3 is 9.80 Å². The number of anilines is 1. The predicted octanol–water partition coefficient (Wildman–Crippen LogP) is 1.70. The monoisotopic (exact) mass is 369 g/mol. The Labute approximate surface area is 160 Å². The standard InChI is InChI=1S/C21H27N3O3/c1-2-18(25)21(9-10-21)20(27)23-14-12-22(13-15-23)17-8-11-24(19(17)26)16-6-4-3-5-7-16/h3-7,17H,2,8-15H2,1H3. The minimum Gasteiger partial charge on any atom is -0.339 e. The summed E-state index contributed by atoms with van der Waals surface area (Å²) in [5.41, 5.74) is 0.233. The third-order valence-corrected chi connectivity index (χ3v) is 6.30. The van der Waals surface area contributed by atoms with Crippen molar-refractivity contribution in [2.45, 2.75) is 38.6 Å². The lowest BCUT2D eigenvalue weighted by atomic mass is 9.96. The summed E-state index contributed by atoms with van der Waals surface area (Å²) in [7, 11) is 0. The smallest absolute Gasteiger partial charge is 0.244 e. The van der Waals surface area contributed by atoms with E-state index in [4.69, 9.17) is 0 Å². The summed E-state index contributed by atoms with van der Waals surface area (Å²) >= 11 is 0. The second-order valence-corrected chi connectivity index (χ2v) is 7.82. The van der Waals surface area contributed by atoms with Gasteiger partial charge in [0.05, 0.1) is 6.04 Å². The van der Waals surface area contributed by atoms with Gasteiger partial charge in [0.2, 0.25) is 11.8 Å². The Kier molecular flexibility index (Phi) is 4.76. The molecule has 3 aliphatic rings. The summed E-state index contributed by atoms with van der Waals surface area (Å²) in [4.78, 5) is 43.8. The van der Waals surface area contributed by atoms with Crippen LogP contribution in [0.15, 0.2) is 30.3 Å². The number of ketones is 1. The van der Waals surface area contributed by atoms with Gasteiger partial charge >= 0.3 is 0 Å². The molecule has 6 nitrogen and oxygen atoms in total. The lowest BCUT2D eigenvalue weighted by Crippen LogP contribution is -2.55. The third kappa shape index (κ3) is 3.16. The minimum atomic E-state index is -0.718. The molecule has 4 rings (SSSR count). The van der Waals surface area contributed by atoms with E-state index in [-0.39, 0.29) is 23.6 Å². The van der Waals surface area contributed by atoms with Crippen LogP contribution in [0.4, 0.5) is 5.69 Å². The van der Waals surface area contributed by atoms with Crippen LogP contribution in [0.25, 0.3) is 0 Å². The fourth-order valence-electron chi connectivity index (χ4n) is 4.48. The number of piperazine rings is 1. The lowest BCUT2D eigenvalue weighted by molar-refractivity contribution is -0.144. The Bertz CT molecular complexity index is 736. The molecule has 0 spiro atoms. The van der Waals surface area contributed by atoms with Gasteiger partial charge in [0, 0.05) is 44.8 Å². The first-order valence-corrected chi connectivity index (χ1v) is 10.00. The minimum absolute atomic E-state index is 0.0117. The van der Waals surface area contributed by atoms with E-state index in [2.05, 4.69) is 4.90 Å². The van der Waals surface area contributed by atoms with Gasteiger partial charge in [-0.3, -0.25) is 19.3 Å². The number of nitrogens with zero attached hydrogens (tertiary/aromatic N) is 3. The molecule has 2 aliphatic heterocycles. The van der Waals surface area contributed by atoms with Crippen LogP contribution in [-0.4, -0.2) is 66.2 Å². The van der Waals surface area contributed by atoms with Crippen LogP contribution in [0.5, 0.6) is 0 Å². The summed E-state index contributed by atoms with van der Waals surface area (Å²) in [5.74, 6) is 0.248. The zero-order valence-electron chi connectivity index (χ0n) is 15.9. The number of rotatable bonds is 5. The molecule has 1 aromatic carbocycles. The largest absolute Gasteiger partial charge is 0.339 e. The first-order valence-electron chi connectivity index (χ1n) is 10.00. The highest BCUT2D eigenvalue weighted by atomic mass is 16.2. The van der Waals surface area contributed by atoms with Crippen molar-refractivity contribution in [2.24, 2.45) is 5.41 Å². The Balaban J connectivity index is 1.35. The van der Waals surface area contributed by atoms with E-state index in [1.807, 2.05) is 47.1 Å². The zero-order chi connectivity index (χ0) is 19.0. The Hall–Kier alpha value is -2.21. The third-order valence-electron chi connectivity index (χ3n) is 6.30. The summed E-state index contributed by atoms with van der Waals surface area (Å²) in [5, 5.41) is 0. The number of amides is 2. The van der Waals surface area contributed by atoms with Gasteiger partial charge in [-0.25, -0.2) is 0 Å². The molecule has 1 atom stereocenters. The lowest BCUT2D eigenvalue weighted by Gasteiger charge is -2.38. The number of Topliss-reactive ketones (excluding diaryl/α,β-unsaturated/α-hetero) is 1. The highest BCUT2D eigenvalue weighted by Gasteiger charge is 2.56.